The molecule has 30 heavy (non-hydrogen) atoms. The molecular formula is C27H33NO2. The van der Waals surface area contributed by atoms with Gasteiger partial charge in [-0.25, -0.2) is 4.79 Å². The first-order chi connectivity index (χ1) is 14.6. The Kier molecular flexibility index (Phi) is 6.69. The minimum atomic E-state index is -0.851. The van der Waals surface area contributed by atoms with Crippen molar-refractivity contribution in [2.45, 2.75) is 64.0 Å². The van der Waals surface area contributed by atoms with Crippen molar-refractivity contribution in [2.75, 3.05) is 0 Å². The summed E-state index contributed by atoms with van der Waals surface area (Å²) in [5, 5.41) is 12.9. The molecule has 4 rings (SSSR count). The third-order valence-electron chi connectivity index (χ3n) is 6.91. The molecule has 0 saturated heterocycles. The Morgan fingerprint density at radius 3 is 2.40 bits per heavy atom. The second-order valence-electron chi connectivity index (χ2n) is 9.17. The zero-order valence-electron chi connectivity index (χ0n) is 17.9. The number of rotatable bonds is 8. The maximum Gasteiger partial charge on any atom is 0.335 e. The summed E-state index contributed by atoms with van der Waals surface area (Å²) in [7, 11) is 0. The van der Waals surface area contributed by atoms with Gasteiger partial charge in [0.25, 0.3) is 0 Å². The van der Waals surface area contributed by atoms with Crippen LogP contribution >= 0.6 is 0 Å². The fraction of sp³-hybridized carbons (Fsp3) is 0.444. The van der Waals surface area contributed by atoms with E-state index < -0.39 is 5.97 Å². The van der Waals surface area contributed by atoms with E-state index in [0.717, 1.165) is 12.3 Å². The number of hydrogen-bond donors (Lipinski definition) is 2. The normalized spacial score (nSPS) is 26.4. The van der Waals surface area contributed by atoms with Gasteiger partial charge in [-0.15, -0.1) is 0 Å². The summed E-state index contributed by atoms with van der Waals surface area (Å²) in [6.07, 6.45) is 11.1. The third-order valence-corrected chi connectivity index (χ3v) is 6.91. The highest BCUT2D eigenvalue weighted by atomic mass is 16.4. The molecule has 0 unspecified atom stereocenters. The van der Waals surface area contributed by atoms with Crippen molar-refractivity contribution in [3.8, 4) is 0 Å². The van der Waals surface area contributed by atoms with Crippen molar-refractivity contribution < 1.29 is 9.90 Å². The van der Waals surface area contributed by atoms with Crippen LogP contribution in [0.3, 0.4) is 0 Å². The fourth-order valence-corrected chi connectivity index (χ4v) is 4.91. The van der Waals surface area contributed by atoms with E-state index in [1.54, 1.807) is 12.1 Å². The van der Waals surface area contributed by atoms with Crippen LogP contribution in [-0.2, 0) is 6.42 Å². The van der Waals surface area contributed by atoms with E-state index in [1.165, 1.54) is 55.2 Å². The Labute approximate surface area is 180 Å². The monoisotopic (exact) mass is 403 g/mol. The highest BCUT2D eigenvalue weighted by molar-refractivity contribution is 5.87. The van der Waals surface area contributed by atoms with E-state index in [2.05, 4.69) is 48.6 Å². The molecule has 2 atom stereocenters. The Balaban J connectivity index is 1.17. The average molecular weight is 404 g/mol. The van der Waals surface area contributed by atoms with Crippen molar-refractivity contribution in [3.05, 3.63) is 76.9 Å². The molecule has 3 heteroatoms. The second-order valence-corrected chi connectivity index (χ2v) is 9.17. The molecule has 2 aromatic rings. The predicted molar refractivity (Wildman–Crippen MR) is 123 cm³/mol. The Morgan fingerprint density at radius 2 is 1.73 bits per heavy atom. The van der Waals surface area contributed by atoms with Gasteiger partial charge in [0.05, 0.1) is 5.56 Å². The number of benzene rings is 2. The molecule has 2 aromatic carbocycles. The van der Waals surface area contributed by atoms with E-state index in [0.29, 0.717) is 23.6 Å². The number of carboxylic acids is 1. The van der Waals surface area contributed by atoms with Gasteiger partial charge in [-0.3, -0.25) is 0 Å². The van der Waals surface area contributed by atoms with Crippen LogP contribution in [0, 0.1) is 11.8 Å². The van der Waals surface area contributed by atoms with Gasteiger partial charge in [0.1, 0.15) is 0 Å². The molecule has 2 saturated carbocycles. The maximum atomic E-state index is 11.0. The molecule has 3 nitrogen and oxygen atoms in total. The van der Waals surface area contributed by atoms with E-state index in [1.807, 2.05) is 12.1 Å². The first-order valence-corrected chi connectivity index (χ1v) is 11.4. The summed E-state index contributed by atoms with van der Waals surface area (Å²) >= 11 is 0. The van der Waals surface area contributed by atoms with Gasteiger partial charge in [0.15, 0.2) is 0 Å². The van der Waals surface area contributed by atoms with Gasteiger partial charge < -0.3 is 10.4 Å². The molecule has 0 aliphatic heterocycles. The summed E-state index contributed by atoms with van der Waals surface area (Å²) < 4.78 is 0. The van der Waals surface area contributed by atoms with Crippen molar-refractivity contribution >= 4 is 12.0 Å². The van der Waals surface area contributed by atoms with Gasteiger partial charge >= 0.3 is 5.97 Å². The molecule has 0 bridgehead atoms. The van der Waals surface area contributed by atoms with E-state index in [4.69, 9.17) is 5.11 Å². The number of hydrogen-bond acceptors (Lipinski definition) is 2. The standard InChI is InChI=1S/C27H33NO2/c1-19(17-22-5-3-2-4-6-22)25-18-26(25)28-24-15-11-21(12-16-24)8-7-20-9-13-23(14-10-20)27(29)30/h2-6,9-10,13-14,17,21,24-26,28H,7-8,11-12,15-16,18H2,1H3,(H,29,30)/b19-17+/t21?,24?,25-,26+/m0/s1. The zero-order valence-corrected chi connectivity index (χ0v) is 17.9. The maximum absolute atomic E-state index is 11.0. The van der Waals surface area contributed by atoms with E-state index in [9.17, 15) is 4.79 Å². The SMILES string of the molecule is C/C(=C\c1ccccc1)[C@@H]1C[C@H]1NC1CCC(CCc2ccc(C(=O)O)cc2)CC1. The number of aromatic carboxylic acids is 1. The molecule has 0 aromatic heterocycles. The van der Waals surface area contributed by atoms with Crippen molar-refractivity contribution in [2.24, 2.45) is 11.8 Å². The molecular weight excluding hydrogens is 370 g/mol. The number of nitrogens with one attached hydrogen (secondary N) is 1. The third kappa shape index (κ3) is 5.60. The Bertz CT molecular complexity index is 863. The van der Waals surface area contributed by atoms with Crippen LogP contribution in [0.5, 0.6) is 0 Å². The van der Waals surface area contributed by atoms with Crippen LogP contribution in [0.25, 0.3) is 6.08 Å². The lowest BCUT2D eigenvalue weighted by Crippen LogP contribution is -2.35. The Morgan fingerprint density at radius 1 is 1.03 bits per heavy atom. The van der Waals surface area contributed by atoms with Crippen molar-refractivity contribution in [3.63, 3.8) is 0 Å². The molecule has 0 radical (unpaired) electrons. The molecule has 0 amide bonds. The van der Waals surface area contributed by atoms with Gasteiger partial charge in [-0.2, -0.15) is 0 Å². The first-order valence-electron chi connectivity index (χ1n) is 11.4. The van der Waals surface area contributed by atoms with E-state index in [-0.39, 0.29) is 0 Å². The van der Waals surface area contributed by atoms with Gasteiger partial charge in [-0.1, -0.05) is 54.1 Å². The van der Waals surface area contributed by atoms with Crippen LogP contribution in [-0.4, -0.2) is 23.2 Å². The second kappa shape index (κ2) is 9.61. The van der Waals surface area contributed by atoms with Crippen LogP contribution in [0.15, 0.2) is 60.2 Å². The minimum absolute atomic E-state index is 0.373. The molecule has 2 fully saturated rings. The van der Waals surface area contributed by atoms with E-state index >= 15 is 0 Å². The molecule has 158 valence electrons. The average Bonchev–Trinajstić information content (AvgIpc) is 3.53. The number of aryl methyl sites for hydroxylation is 1. The molecule has 2 aliphatic carbocycles. The van der Waals surface area contributed by atoms with Gasteiger partial charge in [-0.05, 0) is 87.0 Å². The van der Waals surface area contributed by atoms with Crippen LogP contribution in [0.2, 0.25) is 0 Å². The zero-order chi connectivity index (χ0) is 20.9. The number of carboxylic acid groups (broad SMARTS) is 1. The summed E-state index contributed by atoms with van der Waals surface area (Å²) in [5.74, 6) is 0.657. The Hall–Kier alpha value is -2.39. The summed E-state index contributed by atoms with van der Waals surface area (Å²) in [6.45, 7) is 2.28. The molecule has 0 heterocycles. The number of carbonyl (C=O) groups is 1. The largest absolute Gasteiger partial charge is 0.478 e. The summed E-state index contributed by atoms with van der Waals surface area (Å²) in [4.78, 5) is 11.0. The molecule has 0 spiro atoms. The predicted octanol–water partition coefficient (Wildman–Crippen LogP) is 5.96. The topological polar surface area (TPSA) is 49.3 Å². The van der Waals surface area contributed by atoms with Crippen molar-refractivity contribution in [1.82, 2.24) is 5.32 Å². The highest BCUT2D eigenvalue weighted by Crippen LogP contribution is 2.39. The minimum Gasteiger partial charge on any atom is -0.478 e. The summed E-state index contributed by atoms with van der Waals surface area (Å²) in [5.41, 5.74) is 4.43. The molecule has 2 N–H and O–H groups in total. The summed E-state index contributed by atoms with van der Waals surface area (Å²) in [6, 6.07) is 19.3. The lowest BCUT2D eigenvalue weighted by Gasteiger charge is -2.29. The first kappa shape index (κ1) is 20.9. The lowest BCUT2D eigenvalue weighted by molar-refractivity contribution is 0.0697. The quantitative estimate of drug-likeness (QED) is 0.572. The fourth-order valence-electron chi connectivity index (χ4n) is 4.91. The smallest absolute Gasteiger partial charge is 0.335 e. The van der Waals surface area contributed by atoms with Crippen LogP contribution < -0.4 is 5.32 Å². The van der Waals surface area contributed by atoms with Crippen molar-refractivity contribution in [1.29, 1.82) is 0 Å². The highest BCUT2D eigenvalue weighted by Gasteiger charge is 2.39. The molecule has 2 aliphatic rings. The van der Waals surface area contributed by atoms with Crippen LogP contribution in [0.4, 0.5) is 0 Å². The van der Waals surface area contributed by atoms with Gasteiger partial charge in [0.2, 0.25) is 0 Å². The lowest BCUT2D eigenvalue weighted by atomic mass is 9.82. The van der Waals surface area contributed by atoms with Gasteiger partial charge in [0, 0.05) is 12.1 Å². The van der Waals surface area contributed by atoms with Crippen LogP contribution in [0.1, 0.15) is 66.9 Å².